The van der Waals surface area contributed by atoms with E-state index in [0.717, 1.165) is 24.0 Å². The molecule has 3 nitrogen and oxygen atoms in total. The minimum atomic E-state index is -1.25. The van der Waals surface area contributed by atoms with Crippen LogP contribution in [0.15, 0.2) is 66.7 Å². The van der Waals surface area contributed by atoms with Gasteiger partial charge in [-0.15, -0.1) is 0 Å². The zero-order valence-corrected chi connectivity index (χ0v) is 14.0. The van der Waals surface area contributed by atoms with Gasteiger partial charge in [0, 0.05) is 18.2 Å². The quantitative estimate of drug-likeness (QED) is 0.874. The van der Waals surface area contributed by atoms with Gasteiger partial charge in [-0.25, -0.2) is 0 Å². The molecule has 1 amide bonds. The molecule has 0 saturated heterocycles. The van der Waals surface area contributed by atoms with Crippen molar-refractivity contribution in [3.8, 4) is 0 Å². The van der Waals surface area contributed by atoms with Crippen LogP contribution in [0.4, 0.5) is 0 Å². The zero-order chi connectivity index (χ0) is 17.0. The summed E-state index contributed by atoms with van der Waals surface area (Å²) < 4.78 is 0. The van der Waals surface area contributed by atoms with Gasteiger partial charge in [0.25, 0.3) is 0 Å². The van der Waals surface area contributed by atoms with Gasteiger partial charge in [-0.2, -0.15) is 0 Å². The van der Waals surface area contributed by atoms with Gasteiger partial charge >= 0.3 is 0 Å². The lowest BCUT2D eigenvalue weighted by Gasteiger charge is -2.36. The van der Waals surface area contributed by atoms with Crippen LogP contribution >= 0.6 is 0 Å². The molecule has 0 aliphatic carbocycles. The van der Waals surface area contributed by atoms with Crippen LogP contribution in [0.1, 0.15) is 37.3 Å². The van der Waals surface area contributed by atoms with E-state index in [1.54, 1.807) is 11.0 Å². The normalized spacial score (nSPS) is 20.3. The molecule has 3 heteroatoms. The van der Waals surface area contributed by atoms with Gasteiger partial charge in [0.15, 0.2) is 5.72 Å². The Hall–Kier alpha value is -2.39. The van der Waals surface area contributed by atoms with Crippen LogP contribution in [0.5, 0.6) is 0 Å². The molecule has 0 fully saturated rings. The smallest absolute Gasteiger partial charge is 0.249 e. The summed E-state index contributed by atoms with van der Waals surface area (Å²) in [5.74, 6) is -0.128. The Bertz CT molecular complexity index is 724. The highest BCUT2D eigenvalue weighted by Crippen LogP contribution is 2.40. The van der Waals surface area contributed by atoms with E-state index >= 15 is 0 Å². The van der Waals surface area contributed by atoms with E-state index in [0.29, 0.717) is 18.5 Å². The van der Waals surface area contributed by atoms with Crippen LogP contribution in [0, 0.1) is 0 Å². The van der Waals surface area contributed by atoms with Gasteiger partial charge in [0.1, 0.15) is 0 Å². The molecule has 0 radical (unpaired) electrons. The zero-order valence-electron chi connectivity index (χ0n) is 14.0. The van der Waals surface area contributed by atoms with Crippen molar-refractivity contribution in [1.82, 2.24) is 4.90 Å². The third kappa shape index (κ3) is 3.13. The standard InChI is InChI=1S/C21H23NO2/c1-2-3-14-21(24)19(18-12-8-5-9-13-18)15-20(23)22(21)16-17-10-6-4-7-11-17/h4-13,15,24H,2-3,14,16H2,1H3. The van der Waals surface area contributed by atoms with Crippen LogP contribution in [0.25, 0.3) is 5.57 Å². The first-order valence-corrected chi connectivity index (χ1v) is 8.50. The maximum absolute atomic E-state index is 12.6. The largest absolute Gasteiger partial charge is 0.367 e. The summed E-state index contributed by atoms with van der Waals surface area (Å²) in [6.45, 7) is 2.50. The van der Waals surface area contributed by atoms with E-state index in [1.165, 1.54) is 0 Å². The summed E-state index contributed by atoms with van der Waals surface area (Å²) in [6, 6.07) is 19.5. The number of carbonyl (C=O) groups is 1. The van der Waals surface area contributed by atoms with E-state index < -0.39 is 5.72 Å². The number of benzene rings is 2. The van der Waals surface area contributed by atoms with Crippen molar-refractivity contribution < 1.29 is 9.90 Å². The van der Waals surface area contributed by atoms with E-state index in [1.807, 2.05) is 60.7 Å². The van der Waals surface area contributed by atoms with E-state index in [2.05, 4.69) is 6.92 Å². The Balaban J connectivity index is 1.95. The number of hydrogen-bond acceptors (Lipinski definition) is 2. The molecule has 0 aromatic heterocycles. The summed E-state index contributed by atoms with van der Waals surface area (Å²) >= 11 is 0. The number of hydrogen-bond donors (Lipinski definition) is 1. The third-order valence-electron chi connectivity index (χ3n) is 4.56. The average molecular weight is 321 g/mol. The van der Waals surface area contributed by atoms with Crippen molar-refractivity contribution in [2.24, 2.45) is 0 Å². The van der Waals surface area contributed by atoms with Gasteiger partial charge in [0.2, 0.25) is 5.91 Å². The first-order valence-electron chi connectivity index (χ1n) is 8.50. The molecule has 124 valence electrons. The molecular weight excluding hydrogens is 298 g/mol. The lowest BCUT2D eigenvalue weighted by molar-refractivity contribution is -0.142. The molecule has 1 unspecified atom stereocenters. The minimum Gasteiger partial charge on any atom is -0.367 e. The first-order chi connectivity index (χ1) is 11.6. The Morgan fingerprint density at radius 2 is 1.62 bits per heavy atom. The molecule has 0 saturated carbocycles. The van der Waals surface area contributed by atoms with Crippen LogP contribution in [0.2, 0.25) is 0 Å². The van der Waals surface area contributed by atoms with Crippen LogP contribution in [-0.4, -0.2) is 21.6 Å². The first kappa shape index (κ1) is 16.5. The molecule has 0 bridgehead atoms. The number of amides is 1. The van der Waals surface area contributed by atoms with Gasteiger partial charge in [0.05, 0.1) is 0 Å². The molecule has 1 aliphatic rings. The average Bonchev–Trinajstić information content (AvgIpc) is 2.87. The fourth-order valence-corrected chi connectivity index (χ4v) is 3.24. The second-order valence-corrected chi connectivity index (χ2v) is 6.25. The van der Waals surface area contributed by atoms with Gasteiger partial charge in [-0.1, -0.05) is 74.0 Å². The fourth-order valence-electron chi connectivity index (χ4n) is 3.24. The van der Waals surface area contributed by atoms with Crippen molar-refractivity contribution in [3.63, 3.8) is 0 Å². The molecule has 1 heterocycles. The van der Waals surface area contributed by atoms with Crippen molar-refractivity contribution >= 4 is 11.5 Å². The van der Waals surface area contributed by atoms with Crippen LogP contribution in [-0.2, 0) is 11.3 Å². The van der Waals surface area contributed by atoms with Crippen molar-refractivity contribution in [2.45, 2.75) is 38.5 Å². The second kappa shape index (κ2) is 7.02. The minimum absolute atomic E-state index is 0.128. The molecule has 1 N–H and O–H groups in total. The van der Waals surface area contributed by atoms with E-state index in [4.69, 9.17) is 0 Å². The van der Waals surface area contributed by atoms with E-state index in [9.17, 15) is 9.90 Å². The summed E-state index contributed by atoms with van der Waals surface area (Å²) in [7, 11) is 0. The van der Waals surface area contributed by atoms with Gasteiger partial charge < -0.3 is 10.0 Å². The highest BCUT2D eigenvalue weighted by molar-refractivity contribution is 6.03. The highest BCUT2D eigenvalue weighted by Gasteiger charge is 2.45. The van der Waals surface area contributed by atoms with Crippen LogP contribution in [0.3, 0.4) is 0 Å². The topological polar surface area (TPSA) is 40.5 Å². The Labute approximate surface area is 143 Å². The third-order valence-corrected chi connectivity index (χ3v) is 4.56. The fraction of sp³-hybridized carbons (Fsp3) is 0.286. The molecule has 3 rings (SSSR count). The number of unbranched alkanes of at least 4 members (excludes halogenated alkanes) is 1. The van der Waals surface area contributed by atoms with Crippen molar-refractivity contribution in [3.05, 3.63) is 77.9 Å². The molecule has 2 aromatic carbocycles. The molecule has 1 atom stereocenters. The lowest BCUT2D eigenvalue weighted by atomic mass is 9.92. The summed E-state index contributed by atoms with van der Waals surface area (Å²) in [6.07, 6.45) is 3.97. The second-order valence-electron chi connectivity index (χ2n) is 6.25. The van der Waals surface area contributed by atoms with Crippen molar-refractivity contribution in [1.29, 1.82) is 0 Å². The molecule has 24 heavy (non-hydrogen) atoms. The maximum atomic E-state index is 12.6. The van der Waals surface area contributed by atoms with Crippen molar-refractivity contribution in [2.75, 3.05) is 0 Å². The Morgan fingerprint density at radius 1 is 1.00 bits per heavy atom. The highest BCUT2D eigenvalue weighted by atomic mass is 16.3. The van der Waals surface area contributed by atoms with Gasteiger partial charge in [-0.05, 0) is 24.0 Å². The molecular formula is C21H23NO2. The number of carbonyl (C=O) groups excluding carboxylic acids is 1. The molecule has 0 spiro atoms. The monoisotopic (exact) mass is 321 g/mol. The Morgan fingerprint density at radius 3 is 2.25 bits per heavy atom. The predicted octanol–water partition coefficient (Wildman–Crippen LogP) is 3.99. The maximum Gasteiger partial charge on any atom is 0.249 e. The molecule has 2 aromatic rings. The number of rotatable bonds is 6. The lowest BCUT2D eigenvalue weighted by Crippen LogP contribution is -2.47. The summed E-state index contributed by atoms with van der Waals surface area (Å²) in [4.78, 5) is 14.2. The summed E-state index contributed by atoms with van der Waals surface area (Å²) in [5, 5.41) is 11.5. The Kier molecular flexibility index (Phi) is 4.81. The molecule has 1 aliphatic heterocycles. The number of aliphatic hydroxyl groups is 1. The summed E-state index contributed by atoms with van der Waals surface area (Å²) in [5.41, 5.74) is 1.38. The van der Waals surface area contributed by atoms with E-state index in [-0.39, 0.29) is 5.91 Å². The SMILES string of the molecule is CCCCC1(O)C(c2ccccc2)=CC(=O)N1Cc1ccccc1. The van der Waals surface area contributed by atoms with Crippen LogP contribution < -0.4 is 0 Å². The predicted molar refractivity (Wildman–Crippen MR) is 95.9 cm³/mol. The number of nitrogens with zero attached hydrogens (tertiary/aromatic N) is 1. The van der Waals surface area contributed by atoms with Gasteiger partial charge in [-0.3, -0.25) is 4.79 Å².